The second-order valence-corrected chi connectivity index (χ2v) is 4.10. The maximum atomic E-state index is 12.6. The number of benzene rings is 1. The number of aromatic nitrogens is 1. The summed E-state index contributed by atoms with van der Waals surface area (Å²) in [6.45, 7) is 2.10. The van der Waals surface area contributed by atoms with E-state index in [0.29, 0.717) is 17.8 Å². The molecule has 0 bridgehead atoms. The van der Waals surface area contributed by atoms with Gasteiger partial charge in [-0.15, -0.1) is 0 Å². The molecule has 0 unspecified atom stereocenters. The monoisotopic (exact) mass is 261 g/mol. The number of aryl methyl sites for hydroxylation is 1. The summed E-state index contributed by atoms with van der Waals surface area (Å²) in [7, 11) is 0. The van der Waals surface area contributed by atoms with Crippen LogP contribution in [0.2, 0.25) is 0 Å². The standard InChI is InChI=1S/C13H12FN3O2/c1-9-2-3-10(6-12(9)17(18)19)7-15-11-4-5-13(14)16-8-11/h2-6,8,15H,7H2,1H3. The van der Waals surface area contributed by atoms with Gasteiger partial charge in [0.2, 0.25) is 5.95 Å². The zero-order valence-electron chi connectivity index (χ0n) is 10.3. The third kappa shape index (κ3) is 3.25. The van der Waals surface area contributed by atoms with Crippen molar-refractivity contribution in [2.75, 3.05) is 5.32 Å². The Bertz CT molecular complexity index is 599. The van der Waals surface area contributed by atoms with Crippen LogP contribution in [0.15, 0.2) is 36.5 Å². The Kier molecular flexibility index (Phi) is 3.70. The van der Waals surface area contributed by atoms with Crippen LogP contribution in [-0.4, -0.2) is 9.91 Å². The van der Waals surface area contributed by atoms with Crippen LogP contribution in [0.1, 0.15) is 11.1 Å². The van der Waals surface area contributed by atoms with E-state index in [1.807, 2.05) is 6.07 Å². The molecule has 0 aliphatic carbocycles. The highest BCUT2D eigenvalue weighted by Gasteiger charge is 2.10. The first-order chi connectivity index (χ1) is 9.06. The zero-order chi connectivity index (χ0) is 13.8. The van der Waals surface area contributed by atoms with Gasteiger partial charge in [-0.3, -0.25) is 10.1 Å². The van der Waals surface area contributed by atoms with Crippen LogP contribution >= 0.6 is 0 Å². The minimum Gasteiger partial charge on any atom is -0.380 e. The van der Waals surface area contributed by atoms with Gasteiger partial charge in [0.15, 0.2) is 0 Å². The highest BCUT2D eigenvalue weighted by molar-refractivity contribution is 5.45. The van der Waals surface area contributed by atoms with Gasteiger partial charge in [-0.2, -0.15) is 4.39 Å². The molecule has 2 aromatic rings. The fourth-order valence-corrected chi connectivity index (χ4v) is 1.65. The Morgan fingerprint density at radius 2 is 2.16 bits per heavy atom. The third-order valence-electron chi connectivity index (χ3n) is 2.69. The summed E-state index contributed by atoms with van der Waals surface area (Å²) in [5, 5.41) is 13.8. The van der Waals surface area contributed by atoms with Crippen molar-refractivity contribution in [2.45, 2.75) is 13.5 Å². The molecule has 0 aliphatic heterocycles. The van der Waals surface area contributed by atoms with Gasteiger partial charge >= 0.3 is 0 Å². The summed E-state index contributed by atoms with van der Waals surface area (Å²) in [5.74, 6) is -0.545. The minimum absolute atomic E-state index is 0.0940. The van der Waals surface area contributed by atoms with E-state index in [-0.39, 0.29) is 5.69 Å². The lowest BCUT2D eigenvalue weighted by Gasteiger charge is -2.06. The average molecular weight is 261 g/mol. The molecule has 0 saturated heterocycles. The third-order valence-corrected chi connectivity index (χ3v) is 2.69. The first-order valence-corrected chi connectivity index (χ1v) is 5.65. The van der Waals surface area contributed by atoms with Crippen molar-refractivity contribution < 1.29 is 9.31 Å². The van der Waals surface area contributed by atoms with Crippen molar-refractivity contribution in [1.82, 2.24) is 4.98 Å². The minimum atomic E-state index is -0.545. The van der Waals surface area contributed by atoms with Crippen molar-refractivity contribution >= 4 is 11.4 Å². The number of nitro benzene ring substituents is 1. The molecule has 1 aromatic carbocycles. The predicted octanol–water partition coefficient (Wildman–Crippen LogP) is 3.05. The normalized spacial score (nSPS) is 10.2. The van der Waals surface area contributed by atoms with Gasteiger partial charge in [-0.1, -0.05) is 12.1 Å². The Morgan fingerprint density at radius 3 is 2.79 bits per heavy atom. The molecule has 1 N–H and O–H groups in total. The van der Waals surface area contributed by atoms with Crippen molar-refractivity contribution in [3.63, 3.8) is 0 Å². The van der Waals surface area contributed by atoms with E-state index in [4.69, 9.17) is 0 Å². The van der Waals surface area contributed by atoms with Gasteiger partial charge in [-0.05, 0) is 24.6 Å². The lowest BCUT2D eigenvalue weighted by atomic mass is 10.1. The average Bonchev–Trinajstić information content (AvgIpc) is 2.39. The van der Waals surface area contributed by atoms with Gasteiger partial charge in [-0.25, -0.2) is 4.98 Å². The number of nitro groups is 1. The Morgan fingerprint density at radius 1 is 1.37 bits per heavy atom. The summed E-state index contributed by atoms with van der Waals surface area (Å²) >= 11 is 0. The SMILES string of the molecule is Cc1ccc(CNc2ccc(F)nc2)cc1[N+](=O)[O-]. The van der Waals surface area contributed by atoms with Crippen molar-refractivity contribution in [3.05, 3.63) is 63.7 Å². The van der Waals surface area contributed by atoms with E-state index < -0.39 is 10.9 Å². The van der Waals surface area contributed by atoms with Gasteiger partial charge in [0.25, 0.3) is 5.69 Å². The van der Waals surface area contributed by atoms with Crippen molar-refractivity contribution in [2.24, 2.45) is 0 Å². The quantitative estimate of drug-likeness (QED) is 0.521. The van der Waals surface area contributed by atoms with E-state index in [1.54, 1.807) is 19.1 Å². The van der Waals surface area contributed by atoms with E-state index in [1.165, 1.54) is 18.3 Å². The summed E-state index contributed by atoms with van der Waals surface area (Å²) < 4.78 is 12.6. The lowest BCUT2D eigenvalue weighted by Crippen LogP contribution is -2.01. The number of hydrogen-bond donors (Lipinski definition) is 1. The highest BCUT2D eigenvalue weighted by Crippen LogP contribution is 2.20. The van der Waals surface area contributed by atoms with Crippen LogP contribution in [0, 0.1) is 23.0 Å². The molecular weight excluding hydrogens is 249 g/mol. The largest absolute Gasteiger partial charge is 0.380 e. The molecule has 1 heterocycles. The molecular formula is C13H12FN3O2. The van der Waals surface area contributed by atoms with E-state index in [2.05, 4.69) is 10.3 Å². The molecule has 5 nitrogen and oxygen atoms in total. The van der Waals surface area contributed by atoms with E-state index in [9.17, 15) is 14.5 Å². The predicted molar refractivity (Wildman–Crippen MR) is 69.4 cm³/mol. The van der Waals surface area contributed by atoms with Gasteiger partial charge in [0.1, 0.15) is 0 Å². The molecule has 0 radical (unpaired) electrons. The molecule has 0 atom stereocenters. The van der Waals surface area contributed by atoms with Crippen LogP contribution in [-0.2, 0) is 6.54 Å². The smallest absolute Gasteiger partial charge is 0.272 e. The maximum absolute atomic E-state index is 12.6. The molecule has 0 aliphatic rings. The fraction of sp³-hybridized carbons (Fsp3) is 0.154. The second kappa shape index (κ2) is 5.43. The molecule has 0 saturated carbocycles. The van der Waals surface area contributed by atoms with Crippen LogP contribution in [0.5, 0.6) is 0 Å². The molecule has 19 heavy (non-hydrogen) atoms. The number of hydrogen-bond acceptors (Lipinski definition) is 4. The Labute approximate surface area is 109 Å². The second-order valence-electron chi connectivity index (χ2n) is 4.10. The Balaban J connectivity index is 2.09. The first kappa shape index (κ1) is 12.9. The molecule has 2 rings (SSSR count). The lowest BCUT2D eigenvalue weighted by molar-refractivity contribution is -0.385. The maximum Gasteiger partial charge on any atom is 0.272 e. The fourth-order valence-electron chi connectivity index (χ4n) is 1.65. The number of halogens is 1. The van der Waals surface area contributed by atoms with Crippen LogP contribution in [0.4, 0.5) is 15.8 Å². The highest BCUT2D eigenvalue weighted by atomic mass is 19.1. The summed E-state index contributed by atoms with van der Waals surface area (Å²) in [6, 6.07) is 7.86. The van der Waals surface area contributed by atoms with E-state index >= 15 is 0 Å². The van der Waals surface area contributed by atoms with E-state index in [0.717, 1.165) is 5.56 Å². The zero-order valence-corrected chi connectivity index (χ0v) is 10.3. The number of nitrogens with one attached hydrogen (secondary N) is 1. The molecule has 0 spiro atoms. The summed E-state index contributed by atoms with van der Waals surface area (Å²) in [5.41, 5.74) is 2.15. The summed E-state index contributed by atoms with van der Waals surface area (Å²) in [4.78, 5) is 13.9. The summed E-state index contributed by atoms with van der Waals surface area (Å²) in [6.07, 6.45) is 1.37. The van der Waals surface area contributed by atoms with Gasteiger partial charge < -0.3 is 5.32 Å². The van der Waals surface area contributed by atoms with Crippen LogP contribution < -0.4 is 5.32 Å². The van der Waals surface area contributed by atoms with Crippen molar-refractivity contribution in [3.8, 4) is 0 Å². The van der Waals surface area contributed by atoms with Crippen LogP contribution in [0.25, 0.3) is 0 Å². The first-order valence-electron chi connectivity index (χ1n) is 5.65. The van der Waals surface area contributed by atoms with Gasteiger partial charge in [0.05, 0.1) is 16.8 Å². The topological polar surface area (TPSA) is 68.1 Å². The number of rotatable bonds is 4. The molecule has 98 valence electrons. The van der Waals surface area contributed by atoms with Crippen LogP contribution in [0.3, 0.4) is 0 Å². The number of anilines is 1. The molecule has 0 amide bonds. The van der Waals surface area contributed by atoms with Crippen molar-refractivity contribution in [1.29, 1.82) is 0 Å². The molecule has 0 fully saturated rings. The number of nitrogens with zero attached hydrogens (tertiary/aromatic N) is 2. The van der Waals surface area contributed by atoms with Gasteiger partial charge in [0, 0.05) is 18.2 Å². The Hall–Kier alpha value is -2.50. The number of pyridine rings is 1. The molecule has 6 heteroatoms. The molecule has 1 aromatic heterocycles.